The molecule has 2 unspecified atom stereocenters. The van der Waals surface area contributed by atoms with Gasteiger partial charge < -0.3 is 10.5 Å². The molecule has 1 aromatic rings. The van der Waals surface area contributed by atoms with Crippen molar-refractivity contribution in [1.82, 2.24) is 0 Å². The lowest BCUT2D eigenvalue weighted by Crippen LogP contribution is -2.24. The highest BCUT2D eigenvalue weighted by atomic mass is 79.9. The number of nitrogen functional groups attached to an aromatic ring is 1. The fraction of sp³-hybridized carbons (Fsp3) is 0.500. The van der Waals surface area contributed by atoms with E-state index in [0.717, 1.165) is 29.0 Å². The number of amidine groups is 1. The third-order valence-electron chi connectivity index (χ3n) is 3.42. The van der Waals surface area contributed by atoms with E-state index in [0.29, 0.717) is 11.7 Å². The van der Waals surface area contributed by atoms with E-state index in [4.69, 9.17) is 15.9 Å². The first kappa shape index (κ1) is 13.4. The molecule has 0 bridgehead atoms. The van der Waals surface area contributed by atoms with Gasteiger partial charge in [0.25, 0.3) is 0 Å². The molecular weight excluding hydrogens is 292 g/mol. The van der Waals surface area contributed by atoms with E-state index < -0.39 is 0 Å². The Kier molecular flexibility index (Phi) is 4.27. The standard InChI is InChI=1S/C14H19BrN2O/c1-9-3-2-4-11(7-9)18-13-6-5-10(14(16)17)8-12(13)15/h5-6,8-9,11H,2-4,7H2,1H3,(H3,16,17). The predicted molar refractivity (Wildman–Crippen MR) is 77.2 cm³/mol. The maximum Gasteiger partial charge on any atom is 0.133 e. The molecule has 3 N–H and O–H groups in total. The summed E-state index contributed by atoms with van der Waals surface area (Å²) in [5.74, 6) is 1.67. The Labute approximate surface area is 116 Å². The summed E-state index contributed by atoms with van der Waals surface area (Å²) < 4.78 is 6.90. The third kappa shape index (κ3) is 3.25. The number of nitrogens with two attached hydrogens (primary N) is 1. The van der Waals surface area contributed by atoms with Crippen LogP contribution in [0.5, 0.6) is 5.75 Å². The molecule has 1 fully saturated rings. The summed E-state index contributed by atoms with van der Waals surface area (Å²) in [6.45, 7) is 2.28. The minimum atomic E-state index is 0.0774. The van der Waals surface area contributed by atoms with Crippen LogP contribution < -0.4 is 10.5 Å². The maximum absolute atomic E-state index is 7.40. The Morgan fingerprint density at radius 3 is 2.83 bits per heavy atom. The summed E-state index contributed by atoms with van der Waals surface area (Å²) in [5.41, 5.74) is 6.17. The number of halogens is 1. The van der Waals surface area contributed by atoms with E-state index in [1.807, 2.05) is 18.2 Å². The molecule has 2 rings (SSSR count). The fourth-order valence-corrected chi connectivity index (χ4v) is 2.90. The molecule has 3 nitrogen and oxygen atoms in total. The van der Waals surface area contributed by atoms with Crippen molar-refractivity contribution in [3.8, 4) is 5.75 Å². The Morgan fingerprint density at radius 1 is 1.44 bits per heavy atom. The first-order chi connectivity index (χ1) is 8.56. The molecule has 18 heavy (non-hydrogen) atoms. The first-order valence-electron chi connectivity index (χ1n) is 6.37. The number of nitrogens with one attached hydrogen (secondary N) is 1. The maximum atomic E-state index is 7.40. The highest BCUT2D eigenvalue weighted by Crippen LogP contribution is 2.31. The largest absolute Gasteiger partial charge is 0.489 e. The molecule has 1 aromatic carbocycles. The molecule has 0 spiro atoms. The van der Waals surface area contributed by atoms with Gasteiger partial charge >= 0.3 is 0 Å². The van der Waals surface area contributed by atoms with Crippen molar-refractivity contribution in [2.75, 3.05) is 0 Å². The van der Waals surface area contributed by atoms with Crippen LogP contribution >= 0.6 is 15.9 Å². The molecule has 98 valence electrons. The Morgan fingerprint density at radius 2 is 2.22 bits per heavy atom. The number of ether oxygens (including phenoxy) is 1. The van der Waals surface area contributed by atoms with Crippen molar-refractivity contribution in [3.63, 3.8) is 0 Å². The molecular formula is C14H19BrN2O. The van der Waals surface area contributed by atoms with Gasteiger partial charge in [0.2, 0.25) is 0 Å². The van der Waals surface area contributed by atoms with Gasteiger partial charge in [-0.2, -0.15) is 0 Å². The summed E-state index contributed by atoms with van der Waals surface area (Å²) in [7, 11) is 0. The summed E-state index contributed by atoms with van der Waals surface area (Å²) in [6.07, 6.45) is 5.12. The number of benzene rings is 1. The van der Waals surface area contributed by atoms with Crippen LogP contribution in [0.1, 0.15) is 38.2 Å². The van der Waals surface area contributed by atoms with E-state index in [9.17, 15) is 0 Å². The van der Waals surface area contributed by atoms with E-state index >= 15 is 0 Å². The molecule has 4 heteroatoms. The zero-order valence-corrected chi connectivity index (χ0v) is 12.2. The predicted octanol–water partition coefficient (Wildman–Crippen LogP) is 3.69. The Bertz CT molecular complexity index is 447. The monoisotopic (exact) mass is 310 g/mol. The van der Waals surface area contributed by atoms with E-state index in [-0.39, 0.29) is 5.84 Å². The van der Waals surface area contributed by atoms with Crippen LogP contribution in [-0.2, 0) is 0 Å². The normalized spacial score (nSPS) is 23.7. The van der Waals surface area contributed by atoms with Gasteiger partial charge in [0, 0.05) is 5.56 Å². The molecule has 2 atom stereocenters. The van der Waals surface area contributed by atoms with Crippen LogP contribution in [0, 0.1) is 11.3 Å². The molecule has 0 aliphatic heterocycles. The van der Waals surface area contributed by atoms with Crippen LogP contribution in [0.4, 0.5) is 0 Å². The topological polar surface area (TPSA) is 59.1 Å². The van der Waals surface area contributed by atoms with Gasteiger partial charge in [-0.1, -0.05) is 13.3 Å². The smallest absolute Gasteiger partial charge is 0.133 e. The number of hydrogen-bond acceptors (Lipinski definition) is 2. The van der Waals surface area contributed by atoms with Crippen molar-refractivity contribution >= 4 is 21.8 Å². The SMILES string of the molecule is CC1CCCC(Oc2ccc(C(=N)N)cc2Br)C1. The van der Waals surface area contributed by atoms with Crippen molar-refractivity contribution in [1.29, 1.82) is 5.41 Å². The van der Waals surface area contributed by atoms with E-state index in [1.165, 1.54) is 12.8 Å². The lowest BCUT2D eigenvalue weighted by atomic mass is 9.89. The third-order valence-corrected chi connectivity index (χ3v) is 4.04. The van der Waals surface area contributed by atoms with Gasteiger partial charge in [-0.15, -0.1) is 0 Å². The van der Waals surface area contributed by atoms with Crippen LogP contribution in [0.2, 0.25) is 0 Å². The summed E-state index contributed by atoms with van der Waals surface area (Å²) in [4.78, 5) is 0. The Hall–Kier alpha value is -1.03. The molecule has 0 radical (unpaired) electrons. The second-order valence-corrected chi connectivity index (χ2v) is 5.92. The summed E-state index contributed by atoms with van der Waals surface area (Å²) in [5, 5.41) is 7.40. The molecule has 0 heterocycles. The van der Waals surface area contributed by atoms with Gasteiger partial charge in [0.1, 0.15) is 11.6 Å². The number of hydrogen-bond donors (Lipinski definition) is 2. The van der Waals surface area contributed by atoms with Gasteiger partial charge in [0.15, 0.2) is 0 Å². The molecule has 0 amide bonds. The van der Waals surface area contributed by atoms with Crippen molar-refractivity contribution in [3.05, 3.63) is 28.2 Å². The van der Waals surface area contributed by atoms with Crippen LogP contribution in [0.3, 0.4) is 0 Å². The Balaban J connectivity index is 2.07. The summed E-state index contributed by atoms with van der Waals surface area (Å²) >= 11 is 3.48. The first-order valence-corrected chi connectivity index (χ1v) is 7.16. The van der Waals surface area contributed by atoms with Gasteiger partial charge in [-0.05, 0) is 59.3 Å². The summed E-state index contributed by atoms with van der Waals surface area (Å²) in [6, 6.07) is 5.55. The van der Waals surface area contributed by atoms with Crippen molar-refractivity contribution in [2.24, 2.45) is 11.7 Å². The lowest BCUT2D eigenvalue weighted by Gasteiger charge is -2.27. The number of rotatable bonds is 3. The fourth-order valence-electron chi connectivity index (χ4n) is 2.43. The zero-order valence-electron chi connectivity index (χ0n) is 10.6. The molecule has 0 aromatic heterocycles. The van der Waals surface area contributed by atoms with E-state index in [1.54, 1.807) is 0 Å². The van der Waals surface area contributed by atoms with Gasteiger partial charge in [0.05, 0.1) is 10.6 Å². The van der Waals surface area contributed by atoms with Crippen molar-refractivity contribution in [2.45, 2.75) is 38.7 Å². The average Bonchev–Trinajstić information content (AvgIpc) is 2.31. The van der Waals surface area contributed by atoms with Gasteiger partial charge in [-0.25, -0.2) is 0 Å². The average molecular weight is 311 g/mol. The second-order valence-electron chi connectivity index (χ2n) is 5.07. The minimum Gasteiger partial charge on any atom is -0.489 e. The molecule has 1 saturated carbocycles. The van der Waals surface area contributed by atoms with Crippen LogP contribution in [-0.4, -0.2) is 11.9 Å². The zero-order chi connectivity index (χ0) is 13.1. The lowest BCUT2D eigenvalue weighted by molar-refractivity contribution is 0.128. The minimum absolute atomic E-state index is 0.0774. The highest BCUT2D eigenvalue weighted by Gasteiger charge is 2.21. The molecule has 1 aliphatic rings. The second kappa shape index (κ2) is 5.74. The van der Waals surface area contributed by atoms with E-state index in [2.05, 4.69) is 22.9 Å². The van der Waals surface area contributed by atoms with Crippen LogP contribution in [0.15, 0.2) is 22.7 Å². The van der Waals surface area contributed by atoms with Gasteiger partial charge in [-0.3, -0.25) is 5.41 Å². The quantitative estimate of drug-likeness (QED) is 0.660. The van der Waals surface area contributed by atoms with Crippen molar-refractivity contribution < 1.29 is 4.74 Å². The molecule has 0 saturated heterocycles. The molecule has 1 aliphatic carbocycles. The highest BCUT2D eigenvalue weighted by molar-refractivity contribution is 9.10. The van der Waals surface area contributed by atoms with Crippen LogP contribution in [0.25, 0.3) is 0 Å².